The average Bonchev–Trinajstić information content (AvgIpc) is 3.16. The quantitative estimate of drug-likeness (QED) is 0.434. The van der Waals surface area contributed by atoms with Gasteiger partial charge in [0, 0.05) is 5.69 Å². The Morgan fingerprint density at radius 2 is 1.83 bits per heavy atom. The van der Waals surface area contributed by atoms with Crippen LogP contribution in [0.4, 0.5) is 0 Å². The zero-order chi connectivity index (χ0) is 15.6. The molecule has 0 aliphatic carbocycles. The molecule has 0 aliphatic heterocycles. The molecule has 2 N–H and O–H groups in total. The van der Waals surface area contributed by atoms with Gasteiger partial charge in [-0.05, 0) is 36.5 Å². The monoisotopic (exact) mass is 339 g/mol. The molecular weight excluding hydrogens is 326 g/mol. The second-order valence-corrected chi connectivity index (χ2v) is 6.31. The molecule has 2 aromatic carbocycles. The molecule has 0 saturated carbocycles. The number of aromatic nitrogens is 5. The summed E-state index contributed by atoms with van der Waals surface area (Å²) in [4.78, 5) is 7.88. The molecular formula is C16H13N5S2. The third kappa shape index (κ3) is 2.80. The van der Waals surface area contributed by atoms with Gasteiger partial charge in [0.2, 0.25) is 0 Å². The maximum absolute atomic E-state index is 5.35. The number of H-pyrrole nitrogens is 2. The Balaban J connectivity index is 1.61. The highest BCUT2D eigenvalue weighted by Gasteiger charge is 2.10. The van der Waals surface area contributed by atoms with E-state index in [4.69, 9.17) is 12.2 Å². The average molecular weight is 339 g/mol. The minimum absolute atomic E-state index is 0.594. The van der Waals surface area contributed by atoms with E-state index < -0.39 is 0 Å². The zero-order valence-corrected chi connectivity index (χ0v) is 13.7. The summed E-state index contributed by atoms with van der Waals surface area (Å²) in [5.41, 5.74) is 3.01. The summed E-state index contributed by atoms with van der Waals surface area (Å²) in [6.45, 7) is 0. The lowest BCUT2D eigenvalue weighted by molar-refractivity contribution is 0.945. The van der Waals surface area contributed by atoms with Crippen LogP contribution in [0, 0.1) is 4.77 Å². The topological polar surface area (TPSA) is 62.3 Å². The number of hydrogen-bond donors (Lipinski definition) is 2. The number of imidazole rings is 1. The predicted molar refractivity (Wildman–Crippen MR) is 94.4 cm³/mol. The van der Waals surface area contributed by atoms with Crippen molar-refractivity contribution >= 4 is 35.0 Å². The van der Waals surface area contributed by atoms with E-state index in [0.717, 1.165) is 27.7 Å². The summed E-state index contributed by atoms with van der Waals surface area (Å²) in [5, 5.41) is 8.09. The van der Waals surface area contributed by atoms with Crippen molar-refractivity contribution < 1.29 is 0 Å². The fourth-order valence-electron chi connectivity index (χ4n) is 2.40. The van der Waals surface area contributed by atoms with Crippen LogP contribution in [-0.2, 0) is 5.75 Å². The first-order valence-corrected chi connectivity index (χ1v) is 8.50. The van der Waals surface area contributed by atoms with Crippen molar-refractivity contribution in [2.45, 2.75) is 10.9 Å². The van der Waals surface area contributed by atoms with Gasteiger partial charge in [0.1, 0.15) is 5.82 Å². The molecule has 5 nitrogen and oxygen atoms in total. The van der Waals surface area contributed by atoms with E-state index in [1.807, 2.05) is 59.2 Å². The van der Waals surface area contributed by atoms with E-state index in [1.165, 1.54) is 0 Å². The molecule has 4 rings (SSSR count). The SMILES string of the molecule is S=c1[nH]nc(CSc2nc3ccccc3[nH]2)n1-c1ccccc1. The van der Waals surface area contributed by atoms with E-state index >= 15 is 0 Å². The van der Waals surface area contributed by atoms with Crippen LogP contribution >= 0.6 is 24.0 Å². The fourth-order valence-corrected chi connectivity index (χ4v) is 3.46. The van der Waals surface area contributed by atoms with Crippen LogP contribution < -0.4 is 0 Å². The first kappa shape index (κ1) is 14.2. The molecule has 0 radical (unpaired) electrons. The molecule has 0 spiro atoms. The zero-order valence-electron chi connectivity index (χ0n) is 12.1. The van der Waals surface area contributed by atoms with Gasteiger partial charge >= 0.3 is 0 Å². The molecule has 0 unspecified atom stereocenters. The van der Waals surface area contributed by atoms with Crippen molar-refractivity contribution in [1.82, 2.24) is 24.7 Å². The van der Waals surface area contributed by atoms with Crippen LogP contribution in [0.1, 0.15) is 5.82 Å². The minimum Gasteiger partial charge on any atom is -0.333 e. The van der Waals surface area contributed by atoms with Gasteiger partial charge in [0.15, 0.2) is 9.93 Å². The largest absolute Gasteiger partial charge is 0.333 e. The number of rotatable bonds is 4. The number of aromatic amines is 2. The molecule has 114 valence electrons. The first-order chi connectivity index (χ1) is 11.3. The van der Waals surface area contributed by atoms with Crippen molar-refractivity contribution in [1.29, 1.82) is 0 Å². The Labute approximate surface area is 141 Å². The summed E-state index contributed by atoms with van der Waals surface area (Å²) >= 11 is 6.96. The van der Waals surface area contributed by atoms with Gasteiger partial charge in [-0.2, -0.15) is 5.10 Å². The standard InChI is InChI=1S/C16H13N5S2/c22-16-20-19-14(21(16)11-6-2-1-3-7-11)10-23-15-17-12-8-4-5-9-13(12)18-15/h1-9H,10H2,(H,17,18)(H,20,22). The van der Waals surface area contributed by atoms with Crippen molar-refractivity contribution in [3.05, 3.63) is 65.2 Å². The van der Waals surface area contributed by atoms with Crippen LogP contribution in [0.15, 0.2) is 59.8 Å². The molecule has 7 heteroatoms. The van der Waals surface area contributed by atoms with Crippen LogP contribution in [-0.4, -0.2) is 24.7 Å². The molecule has 2 heterocycles. The van der Waals surface area contributed by atoms with Crippen molar-refractivity contribution in [3.8, 4) is 5.69 Å². The Morgan fingerprint density at radius 1 is 1.04 bits per heavy atom. The third-order valence-corrected chi connectivity index (χ3v) is 4.61. The predicted octanol–water partition coefficient (Wildman–Crippen LogP) is 4.10. The number of para-hydroxylation sites is 3. The van der Waals surface area contributed by atoms with Crippen molar-refractivity contribution in [2.24, 2.45) is 0 Å². The molecule has 0 aliphatic rings. The molecule has 2 aromatic heterocycles. The summed E-state index contributed by atoms with van der Waals surface area (Å²) in [6.07, 6.45) is 0. The Kier molecular flexibility index (Phi) is 3.72. The smallest absolute Gasteiger partial charge is 0.199 e. The highest BCUT2D eigenvalue weighted by atomic mass is 32.2. The van der Waals surface area contributed by atoms with Gasteiger partial charge in [0.05, 0.1) is 16.8 Å². The van der Waals surface area contributed by atoms with Crippen LogP contribution in [0.25, 0.3) is 16.7 Å². The number of nitrogens with zero attached hydrogens (tertiary/aromatic N) is 3. The van der Waals surface area contributed by atoms with Gasteiger partial charge in [-0.3, -0.25) is 9.67 Å². The van der Waals surface area contributed by atoms with E-state index in [0.29, 0.717) is 10.5 Å². The third-order valence-electron chi connectivity index (χ3n) is 3.46. The lowest BCUT2D eigenvalue weighted by Gasteiger charge is -2.05. The van der Waals surface area contributed by atoms with Crippen LogP contribution in [0.3, 0.4) is 0 Å². The van der Waals surface area contributed by atoms with Crippen molar-refractivity contribution in [3.63, 3.8) is 0 Å². The molecule has 0 fully saturated rings. The molecule has 4 aromatic rings. The minimum atomic E-state index is 0.594. The summed E-state index contributed by atoms with van der Waals surface area (Å²) < 4.78 is 2.54. The van der Waals surface area contributed by atoms with Gasteiger partial charge in [0.25, 0.3) is 0 Å². The highest BCUT2D eigenvalue weighted by molar-refractivity contribution is 7.98. The van der Waals surface area contributed by atoms with Crippen molar-refractivity contribution in [2.75, 3.05) is 0 Å². The Bertz CT molecular complexity index is 967. The van der Waals surface area contributed by atoms with Gasteiger partial charge in [-0.1, -0.05) is 42.1 Å². The molecule has 0 bridgehead atoms. The summed E-state index contributed by atoms with van der Waals surface area (Å²) in [7, 11) is 0. The number of benzene rings is 2. The van der Waals surface area contributed by atoms with E-state index in [9.17, 15) is 0 Å². The van der Waals surface area contributed by atoms with Crippen LogP contribution in [0.5, 0.6) is 0 Å². The van der Waals surface area contributed by atoms with Crippen LogP contribution in [0.2, 0.25) is 0 Å². The molecule has 0 amide bonds. The van der Waals surface area contributed by atoms with Gasteiger partial charge in [-0.25, -0.2) is 4.98 Å². The molecule has 23 heavy (non-hydrogen) atoms. The highest BCUT2D eigenvalue weighted by Crippen LogP contribution is 2.23. The Morgan fingerprint density at radius 3 is 2.65 bits per heavy atom. The maximum Gasteiger partial charge on any atom is 0.199 e. The number of nitrogens with one attached hydrogen (secondary N) is 2. The van der Waals surface area contributed by atoms with E-state index in [2.05, 4.69) is 20.2 Å². The van der Waals surface area contributed by atoms with E-state index in [-0.39, 0.29) is 0 Å². The second-order valence-electron chi connectivity index (χ2n) is 4.96. The van der Waals surface area contributed by atoms with Gasteiger partial charge < -0.3 is 4.98 Å². The van der Waals surface area contributed by atoms with Gasteiger partial charge in [-0.15, -0.1) is 0 Å². The Hall–Kier alpha value is -2.38. The van der Waals surface area contributed by atoms with E-state index in [1.54, 1.807) is 11.8 Å². The lowest BCUT2D eigenvalue weighted by Crippen LogP contribution is -2.00. The first-order valence-electron chi connectivity index (χ1n) is 7.10. The number of hydrogen-bond acceptors (Lipinski definition) is 4. The lowest BCUT2D eigenvalue weighted by atomic mass is 10.3. The second kappa shape index (κ2) is 6.02. The summed E-state index contributed by atoms with van der Waals surface area (Å²) in [6, 6.07) is 18.0. The fraction of sp³-hybridized carbons (Fsp3) is 0.0625. The molecule has 0 atom stereocenters. The molecule has 0 saturated heterocycles. The normalized spacial score (nSPS) is 11.1. The summed E-state index contributed by atoms with van der Waals surface area (Å²) in [5.74, 6) is 1.54. The number of thioether (sulfide) groups is 1. The maximum atomic E-state index is 5.35. The number of fused-ring (bicyclic) bond motifs is 1.